The van der Waals surface area contributed by atoms with E-state index < -0.39 is 0 Å². The molecule has 1 unspecified atom stereocenters. The summed E-state index contributed by atoms with van der Waals surface area (Å²) < 4.78 is 4.28. The minimum atomic E-state index is 0.252. The number of fused-ring (bicyclic) bond motifs is 1. The maximum Gasteiger partial charge on any atom is 0.193 e. The van der Waals surface area contributed by atoms with Crippen molar-refractivity contribution in [3.05, 3.63) is 56.2 Å². The molecule has 0 aliphatic heterocycles. The highest BCUT2D eigenvalue weighted by Gasteiger charge is 2.16. The second-order valence-corrected chi connectivity index (χ2v) is 7.45. The third kappa shape index (κ3) is 3.39. The highest BCUT2D eigenvalue weighted by molar-refractivity contribution is 9.11. The highest BCUT2D eigenvalue weighted by Crippen LogP contribution is 2.29. The van der Waals surface area contributed by atoms with Gasteiger partial charge in [0, 0.05) is 39.2 Å². The lowest BCUT2D eigenvalue weighted by atomic mass is 10.0. The maximum atomic E-state index is 4.68. The van der Waals surface area contributed by atoms with Gasteiger partial charge in [0.05, 0.1) is 5.69 Å². The summed E-state index contributed by atoms with van der Waals surface area (Å²) in [7, 11) is 0. The molecule has 3 aromatic rings. The number of hydrogen-bond acceptors (Lipinski definition) is 3. The van der Waals surface area contributed by atoms with Gasteiger partial charge in [0.2, 0.25) is 0 Å². The number of rotatable bonds is 5. The second-order valence-electron chi connectivity index (χ2n) is 4.81. The Balaban J connectivity index is 1.88. The van der Waals surface area contributed by atoms with Gasteiger partial charge in [-0.3, -0.25) is 4.40 Å². The van der Waals surface area contributed by atoms with Gasteiger partial charge in [-0.25, -0.2) is 4.98 Å². The second kappa shape index (κ2) is 6.60. The van der Waals surface area contributed by atoms with Crippen molar-refractivity contribution in [2.24, 2.45) is 0 Å². The number of thiazole rings is 1. The van der Waals surface area contributed by atoms with Gasteiger partial charge >= 0.3 is 0 Å². The Morgan fingerprint density at radius 2 is 2.24 bits per heavy atom. The molecule has 0 radical (unpaired) electrons. The van der Waals surface area contributed by atoms with E-state index in [1.54, 1.807) is 11.3 Å². The Hall–Kier alpha value is -0.690. The normalized spacial score (nSPS) is 12.9. The number of aromatic nitrogens is 2. The Bertz CT molecular complexity index is 722. The molecule has 2 heterocycles. The zero-order valence-electron chi connectivity index (χ0n) is 11.5. The lowest BCUT2D eigenvalue weighted by Gasteiger charge is -2.19. The van der Waals surface area contributed by atoms with Crippen LogP contribution in [0.1, 0.15) is 24.2 Å². The molecule has 0 aliphatic rings. The molecule has 0 bridgehead atoms. The van der Waals surface area contributed by atoms with Crippen molar-refractivity contribution >= 4 is 48.2 Å². The molecule has 1 atom stereocenters. The lowest BCUT2D eigenvalue weighted by molar-refractivity contribution is 0.543. The van der Waals surface area contributed by atoms with E-state index in [1.807, 2.05) is 6.20 Å². The number of benzene rings is 1. The fourth-order valence-electron chi connectivity index (χ4n) is 2.41. The Morgan fingerprint density at radius 3 is 2.95 bits per heavy atom. The number of likely N-dealkylation sites (N-methyl/N-ethyl adjacent to an activating group) is 1. The summed E-state index contributed by atoms with van der Waals surface area (Å²) in [5, 5.41) is 5.61. The lowest BCUT2D eigenvalue weighted by Crippen LogP contribution is -2.23. The number of halogens is 2. The van der Waals surface area contributed by atoms with Crippen LogP contribution >= 0.6 is 43.2 Å². The third-order valence-electron chi connectivity index (χ3n) is 3.34. The molecule has 1 aromatic carbocycles. The molecule has 3 rings (SSSR count). The summed E-state index contributed by atoms with van der Waals surface area (Å²) >= 11 is 8.83. The molecule has 6 heteroatoms. The van der Waals surface area contributed by atoms with Gasteiger partial charge in [0.25, 0.3) is 0 Å². The van der Waals surface area contributed by atoms with Crippen LogP contribution in [0.4, 0.5) is 0 Å². The Morgan fingerprint density at radius 1 is 1.38 bits per heavy atom. The van der Waals surface area contributed by atoms with Crippen LogP contribution < -0.4 is 5.32 Å². The van der Waals surface area contributed by atoms with Crippen LogP contribution in [0, 0.1) is 0 Å². The van der Waals surface area contributed by atoms with Crippen molar-refractivity contribution in [3.63, 3.8) is 0 Å². The maximum absolute atomic E-state index is 4.68. The van der Waals surface area contributed by atoms with Gasteiger partial charge < -0.3 is 5.32 Å². The minimum Gasteiger partial charge on any atom is -0.310 e. The van der Waals surface area contributed by atoms with Crippen LogP contribution in [-0.4, -0.2) is 15.9 Å². The summed E-state index contributed by atoms with van der Waals surface area (Å²) in [6.45, 7) is 3.06. The van der Waals surface area contributed by atoms with Gasteiger partial charge in [-0.1, -0.05) is 44.8 Å². The molecule has 3 nitrogen and oxygen atoms in total. The van der Waals surface area contributed by atoms with E-state index in [-0.39, 0.29) is 6.04 Å². The van der Waals surface area contributed by atoms with E-state index in [2.05, 4.69) is 83.3 Å². The van der Waals surface area contributed by atoms with Gasteiger partial charge in [0.1, 0.15) is 0 Å². The molecule has 0 amide bonds. The first-order valence-corrected chi connectivity index (χ1v) is 9.23. The topological polar surface area (TPSA) is 29.3 Å². The summed E-state index contributed by atoms with van der Waals surface area (Å²) in [6.07, 6.45) is 5.04. The van der Waals surface area contributed by atoms with Crippen molar-refractivity contribution < 1.29 is 0 Å². The summed E-state index contributed by atoms with van der Waals surface area (Å²) in [4.78, 5) is 5.74. The predicted octanol–water partition coefficient (Wildman–Crippen LogP) is 4.81. The van der Waals surface area contributed by atoms with E-state index in [0.29, 0.717) is 0 Å². The molecular formula is C15H15Br2N3S. The molecule has 2 aromatic heterocycles. The zero-order chi connectivity index (χ0) is 14.8. The first-order chi connectivity index (χ1) is 10.2. The standard InChI is InChI=1S/C15H15Br2N3S/c1-2-18-14(12-4-3-10(16)7-13(12)17)8-11-9-20-5-6-21-15(20)19-11/h3-7,9,14,18H,2,8H2,1H3. The van der Waals surface area contributed by atoms with E-state index in [4.69, 9.17) is 0 Å². The number of hydrogen-bond donors (Lipinski definition) is 1. The fraction of sp³-hybridized carbons (Fsp3) is 0.267. The first-order valence-electron chi connectivity index (χ1n) is 6.76. The summed E-state index contributed by atoms with van der Waals surface area (Å²) in [6, 6.07) is 6.57. The van der Waals surface area contributed by atoms with Crippen molar-refractivity contribution in [3.8, 4) is 0 Å². The van der Waals surface area contributed by atoms with Crippen molar-refractivity contribution in [1.29, 1.82) is 0 Å². The largest absolute Gasteiger partial charge is 0.310 e. The SMILES string of the molecule is CCNC(Cc1cn2ccsc2n1)c1ccc(Br)cc1Br. The Kier molecular flexibility index (Phi) is 4.78. The van der Waals surface area contributed by atoms with E-state index >= 15 is 0 Å². The molecule has 0 saturated heterocycles. The molecule has 0 spiro atoms. The van der Waals surface area contributed by atoms with Crippen LogP contribution in [0.5, 0.6) is 0 Å². The van der Waals surface area contributed by atoms with Gasteiger partial charge in [-0.2, -0.15) is 0 Å². The molecule has 1 N–H and O–H groups in total. The van der Waals surface area contributed by atoms with Crippen LogP contribution in [0.25, 0.3) is 4.96 Å². The summed E-state index contributed by atoms with van der Waals surface area (Å²) in [5.74, 6) is 0. The van der Waals surface area contributed by atoms with Crippen LogP contribution in [0.3, 0.4) is 0 Å². The quantitative estimate of drug-likeness (QED) is 0.631. The smallest absolute Gasteiger partial charge is 0.193 e. The molecule has 0 saturated carbocycles. The fourth-order valence-corrected chi connectivity index (χ4v) is 4.45. The first kappa shape index (κ1) is 15.2. The third-order valence-corrected chi connectivity index (χ3v) is 5.30. The molecule has 0 aliphatic carbocycles. The van der Waals surface area contributed by atoms with E-state index in [9.17, 15) is 0 Å². The number of imidazole rings is 1. The van der Waals surface area contributed by atoms with Crippen LogP contribution in [0.15, 0.2) is 44.9 Å². The van der Waals surface area contributed by atoms with Crippen molar-refractivity contribution in [2.75, 3.05) is 6.54 Å². The highest BCUT2D eigenvalue weighted by atomic mass is 79.9. The monoisotopic (exact) mass is 427 g/mol. The summed E-state index contributed by atoms with van der Waals surface area (Å²) in [5.41, 5.74) is 2.37. The van der Waals surface area contributed by atoms with Gasteiger partial charge in [-0.15, -0.1) is 11.3 Å². The van der Waals surface area contributed by atoms with Gasteiger partial charge in [-0.05, 0) is 24.2 Å². The minimum absolute atomic E-state index is 0.252. The average Bonchev–Trinajstić information content (AvgIpc) is 2.99. The van der Waals surface area contributed by atoms with Crippen molar-refractivity contribution in [2.45, 2.75) is 19.4 Å². The average molecular weight is 429 g/mol. The molecule has 0 fully saturated rings. The Labute approximate surface area is 144 Å². The van der Waals surface area contributed by atoms with Crippen LogP contribution in [-0.2, 0) is 6.42 Å². The predicted molar refractivity (Wildman–Crippen MR) is 95.0 cm³/mol. The molecule has 21 heavy (non-hydrogen) atoms. The number of nitrogens with zero attached hydrogens (tertiary/aromatic N) is 2. The van der Waals surface area contributed by atoms with Gasteiger partial charge in [0.15, 0.2) is 4.96 Å². The molecule has 110 valence electrons. The van der Waals surface area contributed by atoms with E-state index in [1.165, 1.54) is 5.56 Å². The van der Waals surface area contributed by atoms with E-state index in [0.717, 1.165) is 32.6 Å². The van der Waals surface area contributed by atoms with Crippen molar-refractivity contribution in [1.82, 2.24) is 14.7 Å². The number of nitrogens with one attached hydrogen (secondary N) is 1. The van der Waals surface area contributed by atoms with Crippen LogP contribution in [0.2, 0.25) is 0 Å². The zero-order valence-corrected chi connectivity index (χ0v) is 15.5. The molecular weight excluding hydrogens is 414 g/mol.